The molecule has 2 aromatic carbocycles. The second-order valence-corrected chi connectivity index (χ2v) is 6.87. The van der Waals surface area contributed by atoms with E-state index in [0.29, 0.717) is 22.9 Å². The molecule has 0 fully saturated rings. The molecule has 2 heterocycles. The zero-order valence-corrected chi connectivity index (χ0v) is 15.6. The van der Waals surface area contributed by atoms with Gasteiger partial charge in [0, 0.05) is 30.2 Å². The maximum absolute atomic E-state index is 12.3. The Hall–Kier alpha value is -3.55. The Labute approximate surface area is 161 Å². The Morgan fingerprint density at radius 1 is 1.18 bits per heavy atom. The van der Waals surface area contributed by atoms with Crippen molar-refractivity contribution < 1.29 is 19.1 Å². The van der Waals surface area contributed by atoms with Crippen molar-refractivity contribution in [2.75, 3.05) is 12.5 Å². The number of amides is 2. The summed E-state index contributed by atoms with van der Waals surface area (Å²) in [5.41, 5.74) is 15.9. The number of rotatable bonds is 2. The molecule has 8 heteroatoms. The van der Waals surface area contributed by atoms with Crippen molar-refractivity contribution in [3.63, 3.8) is 0 Å². The van der Waals surface area contributed by atoms with E-state index in [1.54, 1.807) is 6.07 Å². The lowest BCUT2D eigenvalue weighted by Crippen LogP contribution is -2.45. The summed E-state index contributed by atoms with van der Waals surface area (Å²) in [7, 11) is 0. The molecule has 1 unspecified atom stereocenters. The van der Waals surface area contributed by atoms with E-state index in [1.807, 2.05) is 31.2 Å². The number of primary amides is 1. The van der Waals surface area contributed by atoms with Crippen LogP contribution in [0, 0.1) is 6.92 Å². The van der Waals surface area contributed by atoms with Gasteiger partial charge >= 0.3 is 0 Å². The molecule has 0 spiro atoms. The molecular formula is C20H20N4O4. The average Bonchev–Trinajstić information content (AvgIpc) is 3.02. The van der Waals surface area contributed by atoms with Crippen LogP contribution in [0.5, 0.6) is 11.5 Å². The maximum atomic E-state index is 12.3. The molecule has 8 nitrogen and oxygen atoms in total. The lowest BCUT2D eigenvalue weighted by atomic mass is 9.93. The smallest absolute Gasteiger partial charge is 0.242 e. The van der Waals surface area contributed by atoms with Crippen LogP contribution < -0.4 is 20.9 Å². The SMILES string of the molecule is CC(=O)N1N=C(c2ccc(N)c(C)c2)c2cc3c(cc2CC1C(N)=O)OCO3. The first-order chi connectivity index (χ1) is 13.3. The van der Waals surface area contributed by atoms with Crippen molar-refractivity contribution in [3.05, 3.63) is 52.6 Å². The van der Waals surface area contributed by atoms with Gasteiger partial charge < -0.3 is 20.9 Å². The van der Waals surface area contributed by atoms with Crippen LogP contribution in [0.25, 0.3) is 0 Å². The van der Waals surface area contributed by atoms with Crippen LogP contribution in [-0.4, -0.2) is 35.4 Å². The molecule has 0 aromatic heterocycles. The Morgan fingerprint density at radius 2 is 1.89 bits per heavy atom. The summed E-state index contributed by atoms with van der Waals surface area (Å²) in [6.45, 7) is 3.38. The van der Waals surface area contributed by atoms with E-state index in [4.69, 9.17) is 20.9 Å². The zero-order chi connectivity index (χ0) is 20.0. The first kappa shape index (κ1) is 17.8. The molecule has 0 saturated carbocycles. The summed E-state index contributed by atoms with van der Waals surface area (Å²) in [6.07, 6.45) is 0.224. The van der Waals surface area contributed by atoms with Crippen LogP contribution in [0.3, 0.4) is 0 Å². The van der Waals surface area contributed by atoms with Crippen LogP contribution in [0.15, 0.2) is 35.4 Å². The van der Waals surface area contributed by atoms with Crippen molar-refractivity contribution in [1.82, 2.24) is 5.01 Å². The highest BCUT2D eigenvalue weighted by Gasteiger charge is 2.33. The topological polar surface area (TPSA) is 120 Å². The second-order valence-electron chi connectivity index (χ2n) is 6.87. The average molecular weight is 380 g/mol. The fraction of sp³-hybridized carbons (Fsp3) is 0.250. The highest BCUT2D eigenvalue weighted by molar-refractivity contribution is 6.15. The molecule has 0 aliphatic carbocycles. The van der Waals surface area contributed by atoms with Crippen molar-refractivity contribution in [2.24, 2.45) is 10.8 Å². The van der Waals surface area contributed by atoms with E-state index in [-0.39, 0.29) is 19.1 Å². The van der Waals surface area contributed by atoms with Crippen molar-refractivity contribution in [2.45, 2.75) is 26.3 Å². The normalized spacial score (nSPS) is 17.6. The van der Waals surface area contributed by atoms with Gasteiger partial charge in [0.05, 0.1) is 5.71 Å². The molecule has 2 amide bonds. The Kier molecular flexibility index (Phi) is 4.18. The van der Waals surface area contributed by atoms with E-state index < -0.39 is 11.9 Å². The van der Waals surface area contributed by atoms with Gasteiger partial charge in [0.15, 0.2) is 11.5 Å². The lowest BCUT2D eigenvalue weighted by molar-refractivity contribution is -0.137. The number of hydrogen-bond acceptors (Lipinski definition) is 6. The number of aryl methyl sites for hydroxylation is 1. The largest absolute Gasteiger partial charge is 0.454 e. The predicted octanol–water partition coefficient (Wildman–Crippen LogP) is 1.32. The summed E-state index contributed by atoms with van der Waals surface area (Å²) >= 11 is 0. The Bertz CT molecular complexity index is 1030. The number of carbonyl (C=O) groups excluding carboxylic acids is 2. The van der Waals surface area contributed by atoms with Crippen LogP contribution in [0.4, 0.5) is 5.69 Å². The third-order valence-corrected chi connectivity index (χ3v) is 4.96. The first-order valence-electron chi connectivity index (χ1n) is 8.82. The quantitative estimate of drug-likeness (QED) is 0.761. The minimum atomic E-state index is -0.899. The van der Waals surface area contributed by atoms with Crippen molar-refractivity contribution in [1.29, 1.82) is 0 Å². The Morgan fingerprint density at radius 3 is 2.54 bits per heavy atom. The minimum Gasteiger partial charge on any atom is -0.454 e. The van der Waals surface area contributed by atoms with E-state index >= 15 is 0 Å². The van der Waals surface area contributed by atoms with Gasteiger partial charge in [0.1, 0.15) is 6.04 Å². The van der Waals surface area contributed by atoms with Crippen molar-refractivity contribution in [3.8, 4) is 11.5 Å². The molecule has 2 aliphatic heterocycles. The highest BCUT2D eigenvalue weighted by Crippen LogP contribution is 2.37. The van der Waals surface area contributed by atoms with Gasteiger partial charge in [-0.3, -0.25) is 9.59 Å². The number of fused-ring (bicyclic) bond motifs is 2. The van der Waals surface area contributed by atoms with Gasteiger partial charge in [-0.25, -0.2) is 5.01 Å². The van der Waals surface area contributed by atoms with Crippen LogP contribution in [0.2, 0.25) is 0 Å². The summed E-state index contributed by atoms with van der Waals surface area (Å²) in [4.78, 5) is 24.4. The third kappa shape index (κ3) is 2.92. The summed E-state index contributed by atoms with van der Waals surface area (Å²) in [5, 5.41) is 5.70. The fourth-order valence-electron chi connectivity index (χ4n) is 3.45. The second kappa shape index (κ2) is 6.56. The van der Waals surface area contributed by atoms with Crippen LogP contribution in [-0.2, 0) is 16.0 Å². The molecule has 144 valence electrons. The van der Waals surface area contributed by atoms with Gasteiger partial charge in [-0.2, -0.15) is 5.10 Å². The molecule has 28 heavy (non-hydrogen) atoms. The molecule has 0 bridgehead atoms. The molecule has 4 N–H and O–H groups in total. The lowest BCUT2D eigenvalue weighted by Gasteiger charge is -2.22. The zero-order valence-electron chi connectivity index (χ0n) is 15.6. The molecular weight excluding hydrogens is 360 g/mol. The van der Waals surface area contributed by atoms with E-state index in [9.17, 15) is 9.59 Å². The van der Waals surface area contributed by atoms with Crippen LogP contribution >= 0.6 is 0 Å². The summed E-state index contributed by atoms with van der Waals surface area (Å²) < 4.78 is 11.0. The fourth-order valence-corrected chi connectivity index (χ4v) is 3.45. The molecule has 2 aliphatic rings. The molecule has 0 radical (unpaired) electrons. The number of anilines is 1. The van der Waals surface area contributed by atoms with Gasteiger partial charge in [0.25, 0.3) is 0 Å². The number of nitrogens with zero attached hydrogens (tertiary/aromatic N) is 2. The number of hydrogen-bond donors (Lipinski definition) is 2. The standard InChI is InChI=1S/C20H20N4O4/c1-10-5-12(3-4-15(10)21)19-14-8-18-17(27-9-28-18)7-13(14)6-16(20(22)26)24(23-19)11(2)25/h3-5,7-8,16H,6,9,21H2,1-2H3,(H2,22,26). The van der Waals surface area contributed by atoms with Crippen molar-refractivity contribution >= 4 is 23.2 Å². The van der Waals surface area contributed by atoms with Crippen LogP contribution in [0.1, 0.15) is 29.2 Å². The highest BCUT2D eigenvalue weighted by atomic mass is 16.7. The minimum absolute atomic E-state index is 0.129. The number of nitrogen functional groups attached to an aromatic ring is 1. The third-order valence-electron chi connectivity index (χ3n) is 4.96. The predicted molar refractivity (Wildman–Crippen MR) is 103 cm³/mol. The number of carbonyl (C=O) groups is 2. The molecule has 1 atom stereocenters. The van der Waals surface area contributed by atoms with Gasteiger partial charge in [-0.05, 0) is 42.3 Å². The monoisotopic (exact) mass is 380 g/mol. The van der Waals surface area contributed by atoms with E-state index in [1.165, 1.54) is 6.92 Å². The first-order valence-corrected chi connectivity index (χ1v) is 8.82. The molecule has 4 rings (SSSR count). The summed E-state index contributed by atoms with van der Waals surface area (Å²) in [5.74, 6) is 0.176. The number of nitrogens with two attached hydrogens (primary N) is 2. The number of hydrazone groups is 1. The van der Waals surface area contributed by atoms with Gasteiger partial charge in [-0.1, -0.05) is 6.07 Å². The van der Waals surface area contributed by atoms with Gasteiger partial charge in [-0.15, -0.1) is 0 Å². The number of benzene rings is 2. The Balaban J connectivity index is 1.97. The molecule has 2 aromatic rings. The maximum Gasteiger partial charge on any atom is 0.242 e. The molecule has 0 saturated heterocycles. The van der Waals surface area contributed by atoms with Gasteiger partial charge in [0.2, 0.25) is 18.6 Å². The van der Waals surface area contributed by atoms with E-state index in [2.05, 4.69) is 5.10 Å². The van der Waals surface area contributed by atoms with E-state index in [0.717, 1.165) is 27.3 Å². The summed E-state index contributed by atoms with van der Waals surface area (Å²) in [6, 6.07) is 8.25. The number of ether oxygens (including phenoxy) is 2.